The number of carbonyl (C=O) groups is 1. The van der Waals surface area contributed by atoms with Crippen LogP contribution in [0.1, 0.15) is 25.3 Å². The van der Waals surface area contributed by atoms with Crippen molar-refractivity contribution in [3.05, 3.63) is 28.3 Å². The van der Waals surface area contributed by atoms with Crippen molar-refractivity contribution in [3.8, 4) is 5.75 Å². The van der Waals surface area contributed by atoms with Gasteiger partial charge in [-0.3, -0.25) is 4.79 Å². The second-order valence-electron chi connectivity index (χ2n) is 6.49. The predicted molar refractivity (Wildman–Crippen MR) is 87.7 cm³/mol. The number of nitrogens with two attached hydrogens (primary N) is 1. The Morgan fingerprint density at radius 3 is 2.76 bits per heavy atom. The monoisotopic (exact) mass is 348 g/mol. The van der Waals surface area contributed by atoms with E-state index < -0.39 is 17.4 Å². The van der Waals surface area contributed by atoms with E-state index in [2.05, 4.69) is 9.72 Å². The van der Waals surface area contributed by atoms with E-state index in [0.717, 1.165) is 25.3 Å². The summed E-state index contributed by atoms with van der Waals surface area (Å²) in [5, 5.41) is 8.81. The van der Waals surface area contributed by atoms with Crippen molar-refractivity contribution in [3.63, 3.8) is 0 Å². The van der Waals surface area contributed by atoms with Crippen LogP contribution in [0.15, 0.2) is 17.1 Å². The molecule has 3 heterocycles. The Balaban J connectivity index is 1.90. The average molecular weight is 348 g/mol. The lowest BCUT2D eigenvalue weighted by Crippen LogP contribution is -2.28. The van der Waals surface area contributed by atoms with Gasteiger partial charge in [-0.25, -0.2) is 14.2 Å². The maximum atomic E-state index is 14.6. The second-order valence-corrected chi connectivity index (χ2v) is 6.49. The summed E-state index contributed by atoms with van der Waals surface area (Å²) in [5.74, 6) is -0.807. The number of ether oxygens (including phenoxy) is 1. The zero-order valence-corrected chi connectivity index (χ0v) is 13.3. The molecular weight excluding hydrogens is 331 g/mol. The molecule has 0 spiro atoms. The minimum atomic E-state index is -1.59. The summed E-state index contributed by atoms with van der Waals surface area (Å²) in [4.78, 5) is 29.4. The Morgan fingerprint density at radius 1 is 1.40 bits per heavy atom. The molecule has 8 nitrogen and oxygen atoms in total. The maximum absolute atomic E-state index is 14.6. The molecule has 0 radical (unpaired) electrons. The summed E-state index contributed by atoms with van der Waals surface area (Å²) >= 11 is 0. The van der Waals surface area contributed by atoms with Gasteiger partial charge in [-0.2, -0.15) is 0 Å². The van der Waals surface area contributed by atoms with Crippen LogP contribution in [0.5, 0.6) is 5.75 Å². The molecule has 3 N–H and O–H groups in total. The van der Waals surface area contributed by atoms with Crippen molar-refractivity contribution in [2.24, 2.45) is 5.73 Å². The number of halogens is 1. The SMILES string of the molecule is NC1CCN(c2nc3c(cc2F)c(=O)c(OC(=O)O)cn3C2CC2)C1. The van der Waals surface area contributed by atoms with E-state index in [0.29, 0.717) is 18.7 Å². The molecule has 0 aromatic carbocycles. The Labute approximate surface area is 141 Å². The third-order valence-corrected chi connectivity index (χ3v) is 4.57. The first-order chi connectivity index (χ1) is 11.9. The van der Waals surface area contributed by atoms with E-state index in [-0.39, 0.29) is 29.0 Å². The third kappa shape index (κ3) is 2.80. The molecule has 1 atom stereocenters. The van der Waals surface area contributed by atoms with Gasteiger partial charge in [-0.05, 0) is 25.3 Å². The molecule has 2 aromatic rings. The number of aromatic nitrogens is 2. The van der Waals surface area contributed by atoms with Gasteiger partial charge in [-0.1, -0.05) is 0 Å². The molecule has 1 aliphatic heterocycles. The molecule has 1 unspecified atom stereocenters. The van der Waals surface area contributed by atoms with Gasteiger partial charge in [0.2, 0.25) is 5.43 Å². The number of hydrogen-bond donors (Lipinski definition) is 2. The van der Waals surface area contributed by atoms with Crippen LogP contribution in [0.4, 0.5) is 15.0 Å². The van der Waals surface area contributed by atoms with Crippen molar-refractivity contribution in [1.82, 2.24) is 9.55 Å². The molecule has 1 saturated carbocycles. The minimum absolute atomic E-state index is 0.00963. The molecule has 0 amide bonds. The zero-order chi connectivity index (χ0) is 17.7. The number of pyridine rings is 2. The highest BCUT2D eigenvalue weighted by Gasteiger charge is 2.29. The van der Waals surface area contributed by atoms with E-state index in [1.807, 2.05) is 0 Å². The first kappa shape index (κ1) is 15.8. The molecule has 2 fully saturated rings. The third-order valence-electron chi connectivity index (χ3n) is 4.57. The predicted octanol–water partition coefficient (Wildman–Crippen LogP) is 1.46. The lowest BCUT2D eigenvalue weighted by molar-refractivity contribution is 0.143. The van der Waals surface area contributed by atoms with Crippen molar-refractivity contribution in [1.29, 1.82) is 0 Å². The Bertz CT molecular complexity index is 924. The number of fused-ring (bicyclic) bond motifs is 1. The quantitative estimate of drug-likeness (QED) is 0.808. The fourth-order valence-corrected chi connectivity index (χ4v) is 3.21. The van der Waals surface area contributed by atoms with Crippen molar-refractivity contribution < 1.29 is 19.0 Å². The zero-order valence-electron chi connectivity index (χ0n) is 13.3. The van der Waals surface area contributed by atoms with Gasteiger partial charge in [0, 0.05) is 25.2 Å². The van der Waals surface area contributed by atoms with E-state index in [1.54, 1.807) is 9.47 Å². The summed E-state index contributed by atoms with van der Waals surface area (Å²) in [6, 6.07) is 1.18. The normalized spacial score (nSPS) is 20.2. The van der Waals surface area contributed by atoms with Crippen LogP contribution >= 0.6 is 0 Å². The molecule has 1 saturated heterocycles. The Kier molecular flexibility index (Phi) is 3.60. The molecule has 9 heteroatoms. The summed E-state index contributed by atoms with van der Waals surface area (Å²) in [7, 11) is 0. The van der Waals surface area contributed by atoms with Crippen molar-refractivity contribution >= 4 is 23.0 Å². The smallest absolute Gasteiger partial charge is 0.449 e. The van der Waals surface area contributed by atoms with Crippen LogP contribution in [0.3, 0.4) is 0 Å². The summed E-state index contributed by atoms with van der Waals surface area (Å²) < 4.78 is 20.8. The van der Waals surface area contributed by atoms with E-state index >= 15 is 0 Å². The first-order valence-electron chi connectivity index (χ1n) is 8.10. The standard InChI is InChI=1S/C16H17FN4O4/c17-11-5-10-13(22)12(25-16(23)24)7-21(9-1-2-9)14(10)19-15(11)20-4-3-8(18)6-20/h5,7-9H,1-4,6,18H2,(H,23,24). The van der Waals surface area contributed by atoms with Gasteiger partial charge in [0.1, 0.15) is 5.65 Å². The van der Waals surface area contributed by atoms with Crippen LogP contribution < -0.4 is 20.8 Å². The molecule has 132 valence electrons. The molecular formula is C16H17FN4O4. The largest absolute Gasteiger partial charge is 0.511 e. The first-order valence-corrected chi connectivity index (χ1v) is 8.10. The van der Waals surface area contributed by atoms with Crippen LogP contribution in [-0.4, -0.2) is 39.9 Å². The number of carboxylic acid groups (broad SMARTS) is 1. The summed E-state index contributed by atoms with van der Waals surface area (Å²) in [6.07, 6.45) is 2.27. The Morgan fingerprint density at radius 2 is 2.16 bits per heavy atom. The molecule has 2 aromatic heterocycles. The number of hydrogen-bond acceptors (Lipinski definition) is 6. The van der Waals surface area contributed by atoms with Crippen molar-refractivity contribution in [2.45, 2.75) is 31.3 Å². The lowest BCUT2D eigenvalue weighted by atomic mass is 10.2. The van der Waals surface area contributed by atoms with E-state index in [9.17, 15) is 14.0 Å². The molecule has 1 aliphatic carbocycles. The van der Waals surface area contributed by atoms with E-state index in [1.165, 1.54) is 6.20 Å². The fraction of sp³-hybridized carbons (Fsp3) is 0.438. The van der Waals surface area contributed by atoms with Gasteiger partial charge < -0.3 is 25.0 Å². The molecule has 25 heavy (non-hydrogen) atoms. The van der Waals surface area contributed by atoms with Gasteiger partial charge in [-0.15, -0.1) is 0 Å². The molecule has 0 bridgehead atoms. The van der Waals surface area contributed by atoms with Gasteiger partial charge in [0.05, 0.1) is 11.6 Å². The Hall–Kier alpha value is -2.68. The molecule has 2 aliphatic rings. The lowest BCUT2D eigenvalue weighted by Gasteiger charge is -2.19. The van der Waals surface area contributed by atoms with Gasteiger partial charge >= 0.3 is 6.16 Å². The summed E-state index contributed by atoms with van der Waals surface area (Å²) in [5.41, 5.74) is 5.53. The van der Waals surface area contributed by atoms with Crippen LogP contribution in [0.2, 0.25) is 0 Å². The number of nitrogens with zero attached hydrogens (tertiary/aromatic N) is 3. The van der Waals surface area contributed by atoms with Crippen LogP contribution in [-0.2, 0) is 0 Å². The van der Waals surface area contributed by atoms with Crippen LogP contribution in [0, 0.1) is 5.82 Å². The van der Waals surface area contributed by atoms with E-state index in [4.69, 9.17) is 10.8 Å². The average Bonchev–Trinajstić information content (AvgIpc) is 3.31. The minimum Gasteiger partial charge on any atom is -0.449 e. The van der Waals surface area contributed by atoms with Gasteiger partial charge in [0.15, 0.2) is 17.4 Å². The number of anilines is 1. The molecule has 4 rings (SSSR count). The fourth-order valence-electron chi connectivity index (χ4n) is 3.21. The maximum Gasteiger partial charge on any atom is 0.511 e. The topological polar surface area (TPSA) is 111 Å². The number of rotatable bonds is 3. The highest BCUT2D eigenvalue weighted by atomic mass is 19.1. The second kappa shape index (κ2) is 5.69. The van der Waals surface area contributed by atoms with Crippen LogP contribution in [0.25, 0.3) is 11.0 Å². The van der Waals surface area contributed by atoms with Crippen molar-refractivity contribution in [2.75, 3.05) is 18.0 Å². The highest BCUT2D eigenvalue weighted by Crippen LogP contribution is 2.38. The summed E-state index contributed by atoms with van der Waals surface area (Å²) in [6.45, 7) is 1.10. The highest BCUT2D eigenvalue weighted by molar-refractivity contribution is 5.80. The van der Waals surface area contributed by atoms with Gasteiger partial charge in [0.25, 0.3) is 0 Å².